The molecule has 18 heavy (non-hydrogen) atoms. The Morgan fingerprint density at radius 3 is 2.89 bits per heavy atom. The molecular weight excluding hydrogens is 226 g/mol. The zero-order valence-electron chi connectivity index (χ0n) is 10.7. The Bertz CT molecular complexity index is 539. The van der Waals surface area contributed by atoms with Crippen molar-refractivity contribution in [1.82, 2.24) is 19.5 Å². The van der Waals surface area contributed by atoms with Crippen molar-refractivity contribution in [3.8, 4) is 0 Å². The maximum absolute atomic E-state index is 5.72. The third-order valence-electron chi connectivity index (χ3n) is 3.81. The van der Waals surface area contributed by atoms with Gasteiger partial charge in [-0.2, -0.15) is 5.10 Å². The van der Waals surface area contributed by atoms with E-state index in [1.165, 1.54) is 25.9 Å². The molecule has 0 atom stereocenters. The molecule has 1 aliphatic rings. The maximum atomic E-state index is 5.72. The van der Waals surface area contributed by atoms with Crippen LogP contribution in [0.25, 0.3) is 5.65 Å². The number of nitrogen functional groups attached to an aromatic ring is 1. The van der Waals surface area contributed by atoms with Crippen molar-refractivity contribution >= 4 is 11.3 Å². The highest BCUT2D eigenvalue weighted by Crippen LogP contribution is 2.27. The van der Waals surface area contributed by atoms with Gasteiger partial charge in [-0.1, -0.05) is 6.92 Å². The van der Waals surface area contributed by atoms with E-state index in [0.29, 0.717) is 11.6 Å². The molecule has 2 aromatic rings. The van der Waals surface area contributed by atoms with E-state index in [4.69, 9.17) is 5.73 Å². The summed E-state index contributed by atoms with van der Waals surface area (Å²) in [6, 6.07) is 2.09. The molecule has 3 heterocycles. The number of aromatic nitrogens is 3. The van der Waals surface area contributed by atoms with Crippen LogP contribution in [0.15, 0.2) is 18.5 Å². The zero-order chi connectivity index (χ0) is 12.5. The molecule has 0 unspecified atom stereocenters. The van der Waals surface area contributed by atoms with Gasteiger partial charge in [-0.3, -0.25) is 0 Å². The molecule has 0 aromatic carbocycles. The van der Waals surface area contributed by atoms with E-state index < -0.39 is 0 Å². The Kier molecular flexibility index (Phi) is 2.91. The predicted octanol–water partition coefficient (Wildman–Crippen LogP) is 1.51. The lowest BCUT2D eigenvalue weighted by Crippen LogP contribution is -2.32. The van der Waals surface area contributed by atoms with E-state index in [1.54, 1.807) is 10.7 Å². The average molecular weight is 245 g/mol. The summed E-state index contributed by atoms with van der Waals surface area (Å²) in [7, 11) is 0. The van der Waals surface area contributed by atoms with Crippen LogP contribution in [-0.2, 0) is 0 Å². The van der Waals surface area contributed by atoms with Crippen LogP contribution in [0.4, 0.5) is 5.69 Å². The summed E-state index contributed by atoms with van der Waals surface area (Å²) in [5.41, 5.74) is 8.41. The first kappa shape index (κ1) is 11.5. The van der Waals surface area contributed by atoms with Crippen molar-refractivity contribution in [2.75, 3.05) is 25.4 Å². The predicted molar refractivity (Wildman–Crippen MR) is 71.5 cm³/mol. The molecule has 0 bridgehead atoms. The number of rotatable bonds is 2. The van der Waals surface area contributed by atoms with Crippen molar-refractivity contribution in [2.45, 2.75) is 25.7 Å². The minimum absolute atomic E-state index is 0.565. The van der Waals surface area contributed by atoms with Gasteiger partial charge in [-0.05, 0) is 32.5 Å². The molecule has 2 N–H and O–H groups in total. The Balaban J connectivity index is 1.82. The van der Waals surface area contributed by atoms with Gasteiger partial charge in [0.2, 0.25) is 0 Å². The number of hydrogen-bond acceptors (Lipinski definition) is 4. The molecule has 0 saturated carbocycles. The van der Waals surface area contributed by atoms with Gasteiger partial charge in [0.25, 0.3) is 0 Å². The molecule has 5 heteroatoms. The quantitative estimate of drug-likeness (QED) is 0.871. The Morgan fingerprint density at radius 2 is 2.17 bits per heavy atom. The van der Waals surface area contributed by atoms with E-state index in [9.17, 15) is 0 Å². The highest BCUT2D eigenvalue weighted by molar-refractivity contribution is 5.45. The van der Waals surface area contributed by atoms with Crippen LogP contribution >= 0.6 is 0 Å². The summed E-state index contributed by atoms with van der Waals surface area (Å²) >= 11 is 0. The molecule has 96 valence electrons. The molecule has 0 amide bonds. The molecule has 0 aliphatic carbocycles. The third kappa shape index (κ3) is 2.06. The van der Waals surface area contributed by atoms with Gasteiger partial charge in [0.1, 0.15) is 0 Å². The molecule has 3 rings (SSSR count). The number of hydrogen-bond donors (Lipinski definition) is 1. The Morgan fingerprint density at radius 1 is 1.39 bits per heavy atom. The van der Waals surface area contributed by atoms with Crippen molar-refractivity contribution in [1.29, 1.82) is 0 Å². The van der Waals surface area contributed by atoms with Gasteiger partial charge < -0.3 is 10.6 Å². The molecule has 1 aliphatic heterocycles. The molecule has 0 radical (unpaired) electrons. The highest BCUT2D eigenvalue weighted by Gasteiger charge is 2.22. The van der Waals surface area contributed by atoms with Crippen molar-refractivity contribution < 1.29 is 0 Å². The van der Waals surface area contributed by atoms with Crippen LogP contribution in [0, 0.1) is 0 Å². The summed E-state index contributed by atoms with van der Waals surface area (Å²) in [6.07, 6.45) is 5.88. The summed E-state index contributed by atoms with van der Waals surface area (Å²) in [6.45, 7) is 5.71. The zero-order valence-corrected chi connectivity index (χ0v) is 10.7. The number of piperidine rings is 1. The molecule has 1 fully saturated rings. The second-order valence-electron chi connectivity index (χ2n) is 4.97. The number of nitrogens with zero attached hydrogens (tertiary/aromatic N) is 4. The van der Waals surface area contributed by atoms with E-state index >= 15 is 0 Å². The van der Waals surface area contributed by atoms with Crippen LogP contribution in [0.1, 0.15) is 31.4 Å². The first-order valence-corrected chi connectivity index (χ1v) is 6.59. The first-order chi connectivity index (χ1) is 8.76. The minimum Gasteiger partial charge on any atom is -0.396 e. The van der Waals surface area contributed by atoms with Gasteiger partial charge in [0, 0.05) is 12.0 Å². The van der Waals surface area contributed by atoms with Crippen LogP contribution in [0.2, 0.25) is 0 Å². The number of anilines is 1. The second-order valence-corrected chi connectivity index (χ2v) is 4.97. The Hall–Kier alpha value is -1.62. The lowest BCUT2D eigenvalue weighted by molar-refractivity contribution is 0.220. The van der Waals surface area contributed by atoms with Gasteiger partial charge in [0.15, 0.2) is 5.65 Å². The standard InChI is InChI=1S/C13H19N5/c1-2-17-5-3-10(4-6-17)12-7-13-15-8-11(14)9-18(13)16-12/h7-10H,2-6,14H2,1H3. The van der Waals surface area contributed by atoms with Gasteiger partial charge >= 0.3 is 0 Å². The smallest absolute Gasteiger partial charge is 0.155 e. The lowest BCUT2D eigenvalue weighted by atomic mass is 9.94. The van der Waals surface area contributed by atoms with Gasteiger partial charge in [-0.15, -0.1) is 0 Å². The minimum atomic E-state index is 0.565. The van der Waals surface area contributed by atoms with Crippen molar-refractivity contribution in [2.24, 2.45) is 0 Å². The van der Waals surface area contributed by atoms with Crippen LogP contribution in [0.5, 0.6) is 0 Å². The van der Waals surface area contributed by atoms with Gasteiger partial charge in [-0.25, -0.2) is 9.50 Å². The summed E-state index contributed by atoms with van der Waals surface area (Å²) in [5.74, 6) is 0.565. The fraction of sp³-hybridized carbons (Fsp3) is 0.538. The molecule has 2 aromatic heterocycles. The monoisotopic (exact) mass is 245 g/mol. The molecule has 5 nitrogen and oxygen atoms in total. The van der Waals surface area contributed by atoms with Crippen LogP contribution in [-0.4, -0.2) is 39.1 Å². The molecular formula is C13H19N5. The topological polar surface area (TPSA) is 59.5 Å². The largest absolute Gasteiger partial charge is 0.396 e. The summed E-state index contributed by atoms with van der Waals surface area (Å²) < 4.78 is 1.79. The average Bonchev–Trinajstić information content (AvgIpc) is 2.81. The number of likely N-dealkylation sites (tertiary alicyclic amines) is 1. The third-order valence-corrected chi connectivity index (χ3v) is 3.81. The van der Waals surface area contributed by atoms with E-state index in [0.717, 1.165) is 17.9 Å². The van der Waals surface area contributed by atoms with Crippen LogP contribution < -0.4 is 5.73 Å². The first-order valence-electron chi connectivity index (χ1n) is 6.59. The van der Waals surface area contributed by atoms with Crippen LogP contribution in [0.3, 0.4) is 0 Å². The maximum Gasteiger partial charge on any atom is 0.155 e. The SMILES string of the molecule is CCN1CCC(c2cc3ncc(N)cn3n2)CC1. The summed E-state index contributed by atoms with van der Waals surface area (Å²) in [5, 5.41) is 4.60. The van der Waals surface area contributed by atoms with E-state index in [2.05, 4.69) is 28.0 Å². The van der Waals surface area contributed by atoms with E-state index in [-0.39, 0.29) is 0 Å². The van der Waals surface area contributed by atoms with Crippen molar-refractivity contribution in [3.63, 3.8) is 0 Å². The second kappa shape index (κ2) is 4.57. The van der Waals surface area contributed by atoms with Gasteiger partial charge in [0.05, 0.1) is 23.8 Å². The normalized spacial score (nSPS) is 18.5. The number of nitrogens with two attached hydrogens (primary N) is 1. The Labute approximate surface area is 107 Å². The highest BCUT2D eigenvalue weighted by atomic mass is 15.3. The fourth-order valence-electron chi connectivity index (χ4n) is 2.65. The molecule has 1 saturated heterocycles. The molecule has 0 spiro atoms. The van der Waals surface area contributed by atoms with E-state index in [1.807, 2.05) is 6.20 Å². The van der Waals surface area contributed by atoms with Crippen molar-refractivity contribution in [3.05, 3.63) is 24.2 Å². The number of fused-ring (bicyclic) bond motifs is 1. The lowest BCUT2D eigenvalue weighted by Gasteiger charge is -2.29. The summed E-state index contributed by atoms with van der Waals surface area (Å²) in [4.78, 5) is 6.78. The fourth-order valence-corrected chi connectivity index (χ4v) is 2.65.